The topological polar surface area (TPSA) is 40.5 Å². The summed E-state index contributed by atoms with van der Waals surface area (Å²) in [5.74, 6) is 0.801. The summed E-state index contributed by atoms with van der Waals surface area (Å²) in [6.45, 7) is 0. The molecule has 0 amide bonds. The molecule has 2 aromatic rings. The first-order valence-electron chi connectivity index (χ1n) is 5.55. The molecule has 0 aliphatic heterocycles. The molecule has 0 saturated heterocycles. The van der Waals surface area contributed by atoms with Gasteiger partial charge in [-0.15, -0.1) is 0 Å². The molecular weight excluding hydrogens is 358 g/mol. The zero-order valence-corrected chi connectivity index (χ0v) is 13.2. The van der Waals surface area contributed by atoms with E-state index in [0.717, 1.165) is 21.8 Å². The molecule has 94 valence electrons. The van der Waals surface area contributed by atoms with Gasteiger partial charge in [-0.05, 0) is 0 Å². The predicted octanol–water partition coefficient (Wildman–Crippen LogP) is 2.12. The molecule has 2 aromatic carbocycles. The Hall–Kier alpha value is -0.921. The van der Waals surface area contributed by atoms with Gasteiger partial charge in [0.05, 0.1) is 0 Å². The molecule has 0 bridgehead atoms. The molecule has 0 aromatic heterocycles. The van der Waals surface area contributed by atoms with Crippen molar-refractivity contribution in [1.29, 1.82) is 0 Å². The summed E-state index contributed by atoms with van der Waals surface area (Å²) < 4.78 is 0. The fourth-order valence-corrected chi connectivity index (χ4v) is 7.97. The summed E-state index contributed by atoms with van der Waals surface area (Å²) in [5, 5.41) is 21.2. The number of rotatable bonds is 5. The van der Waals surface area contributed by atoms with Crippen molar-refractivity contribution in [2.24, 2.45) is 0 Å². The van der Waals surface area contributed by atoms with E-state index in [1.807, 2.05) is 36.4 Å². The van der Waals surface area contributed by atoms with Crippen LogP contribution in [-0.4, -0.2) is 36.5 Å². The fourth-order valence-electron chi connectivity index (χ4n) is 1.48. The van der Waals surface area contributed by atoms with Gasteiger partial charge in [0.1, 0.15) is 0 Å². The zero-order chi connectivity index (χ0) is 12.8. The third-order valence-corrected chi connectivity index (χ3v) is 9.03. The van der Waals surface area contributed by atoms with Crippen molar-refractivity contribution >= 4 is 26.3 Å². The van der Waals surface area contributed by atoms with Gasteiger partial charge in [0.25, 0.3) is 0 Å². The van der Waals surface area contributed by atoms with Crippen LogP contribution in [0.15, 0.2) is 48.5 Å². The van der Waals surface area contributed by atoms with E-state index in [-0.39, 0.29) is 0 Å². The van der Waals surface area contributed by atoms with Crippen LogP contribution in [0.2, 0.25) is 0 Å². The first-order chi connectivity index (χ1) is 8.77. The van der Waals surface area contributed by atoms with Gasteiger partial charge in [-0.1, -0.05) is 0 Å². The SMILES string of the molecule is Oc1ccccc1C[Se][Se]Cc1ccccc1O. The molecule has 0 fully saturated rings. The van der Waals surface area contributed by atoms with Gasteiger partial charge >= 0.3 is 118 Å². The number of hydrogen-bond donors (Lipinski definition) is 2. The Labute approximate surface area is 118 Å². The minimum atomic E-state index is 0.401. The van der Waals surface area contributed by atoms with E-state index in [1.165, 1.54) is 0 Å². The predicted molar refractivity (Wildman–Crippen MR) is 75.1 cm³/mol. The standard InChI is InChI=1S/C14H14O2Se2/c15-13-7-3-1-5-11(13)9-17-18-10-12-6-2-4-8-14(12)16/h1-8,15-16H,9-10H2. The second kappa shape index (κ2) is 6.86. The van der Waals surface area contributed by atoms with E-state index in [1.54, 1.807) is 12.1 Å². The molecule has 0 aliphatic carbocycles. The number of phenolic OH excluding ortho intramolecular Hbond substituents is 2. The molecule has 2 rings (SSSR count). The summed E-state index contributed by atoms with van der Waals surface area (Å²) in [4.78, 5) is 0. The maximum atomic E-state index is 9.65. The fraction of sp³-hybridized carbons (Fsp3) is 0.143. The Morgan fingerprint density at radius 2 is 1.06 bits per heavy atom. The summed E-state index contributed by atoms with van der Waals surface area (Å²) in [5.41, 5.74) is 2.08. The van der Waals surface area contributed by atoms with Crippen molar-refractivity contribution in [2.75, 3.05) is 0 Å². The quantitative estimate of drug-likeness (QED) is 0.624. The molecule has 2 nitrogen and oxygen atoms in total. The van der Waals surface area contributed by atoms with Gasteiger partial charge in [-0.3, -0.25) is 0 Å². The normalized spacial score (nSPS) is 10.4. The van der Waals surface area contributed by atoms with Gasteiger partial charge in [-0.2, -0.15) is 0 Å². The number of phenols is 2. The van der Waals surface area contributed by atoms with E-state index in [4.69, 9.17) is 0 Å². The van der Waals surface area contributed by atoms with Gasteiger partial charge in [0.15, 0.2) is 0 Å². The minimum absolute atomic E-state index is 0.401. The average molecular weight is 372 g/mol. The van der Waals surface area contributed by atoms with Gasteiger partial charge in [-0.25, -0.2) is 0 Å². The van der Waals surface area contributed by atoms with Crippen molar-refractivity contribution in [3.63, 3.8) is 0 Å². The molecule has 0 heterocycles. The molecule has 2 N–H and O–H groups in total. The van der Waals surface area contributed by atoms with Crippen LogP contribution in [0.25, 0.3) is 0 Å². The second-order valence-corrected chi connectivity index (χ2v) is 11.1. The number of benzene rings is 2. The third-order valence-electron chi connectivity index (χ3n) is 2.50. The molecule has 4 heteroatoms. The van der Waals surface area contributed by atoms with Crippen LogP contribution < -0.4 is 0 Å². The number of aromatic hydroxyl groups is 2. The van der Waals surface area contributed by atoms with Crippen molar-refractivity contribution < 1.29 is 10.2 Å². The van der Waals surface area contributed by atoms with Crippen molar-refractivity contribution in [3.8, 4) is 11.5 Å². The van der Waals surface area contributed by atoms with Crippen molar-refractivity contribution in [2.45, 2.75) is 10.6 Å². The monoisotopic (exact) mass is 374 g/mol. The molecule has 0 unspecified atom stereocenters. The Balaban J connectivity index is 1.80. The molecule has 0 saturated carbocycles. The number of para-hydroxylation sites is 2. The van der Waals surface area contributed by atoms with Crippen LogP contribution in [0.1, 0.15) is 11.1 Å². The maximum absolute atomic E-state index is 9.65. The van der Waals surface area contributed by atoms with Crippen molar-refractivity contribution in [3.05, 3.63) is 59.7 Å². The van der Waals surface area contributed by atoms with Gasteiger partial charge in [0, 0.05) is 0 Å². The number of hydrogen-bond acceptors (Lipinski definition) is 2. The molecule has 18 heavy (non-hydrogen) atoms. The van der Waals surface area contributed by atoms with Crippen LogP contribution in [0.3, 0.4) is 0 Å². The first kappa shape index (κ1) is 13.5. The Bertz CT molecular complexity index is 467. The first-order valence-corrected chi connectivity index (χ1v) is 12.3. The molecule has 0 aliphatic rings. The average Bonchev–Trinajstić information content (AvgIpc) is 2.38. The van der Waals surface area contributed by atoms with E-state index >= 15 is 0 Å². The Morgan fingerprint density at radius 3 is 1.44 bits per heavy atom. The molecule has 0 radical (unpaired) electrons. The molecular formula is C14H14O2Se2. The van der Waals surface area contributed by atoms with E-state index < -0.39 is 0 Å². The van der Waals surface area contributed by atoms with Crippen molar-refractivity contribution in [1.82, 2.24) is 0 Å². The third kappa shape index (κ3) is 3.79. The second-order valence-electron chi connectivity index (χ2n) is 3.78. The van der Waals surface area contributed by atoms with Crippen LogP contribution in [-0.2, 0) is 10.6 Å². The Kier molecular flexibility index (Phi) is 5.15. The summed E-state index contributed by atoms with van der Waals surface area (Å²) in [6, 6.07) is 15.0. The van der Waals surface area contributed by atoms with E-state index in [2.05, 4.69) is 0 Å². The zero-order valence-electron chi connectivity index (χ0n) is 9.74. The van der Waals surface area contributed by atoms with E-state index in [9.17, 15) is 10.2 Å². The molecule has 0 spiro atoms. The summed E-state index contributed by atoms with van der Waals surface area (Å²) >= 11 is 1.02. The summed E-state index contributed by atoms with van der Waals surface area (Å²) in [7, 11) is 0. The van der Waals surface area contributed by atoms with Crippen LogP contribution >= 0.6 is 0 Å². The van der Waals surface area contributed by atoms with Crippen LogP contribution in [0.4, 0.5) is 0 Å². The Morgan fingerprint density at radius 1 is 0.667 bits per heavy atom. The van der Waals surface area contributed by atoms with Gasteiger partial charge in [0.2, 0.25) is 0 Å². The summed E-state index contributed by atoms with van der Waals surface area (Å²) in [6.07, 6.45) is 0. The van der Waals surface area contributed by atoms with Crippen LogP contribution in [0.5, 0.6) is 11.5 Å². The molecule has 0 atom stereocenters. The van der Waals surface area contributed by atoms with E-state index in [0.29, 0.717) is 37.8 Å². The van der Waals surface area contributed by atoms with Crippen LogP contribution in [0, 0.1) is 0 Å². The van der Waals surface area contributed by atoms with Gasteiger partial charge < -0.3 is 0 Å².